The molecule has 0 amide bonds. The predicted molar refractivity (Wildman–Crippen MR) is 78.3 cm³/mol. The molecule has 0 radical (unpaired) electrons. The number of hydrogen-bond acceptors (Lipinski definition) is 6. The van der Waals surface area contributed by atoms with Crippen LogP contribution in [0, 0.1) is 20.2 Å². The van der Waals surface area contributed by atoms with Crippen LogP contribution in [0.15, 0.2) is 39.5 Å². The summed E-state index contributed by atoms with van der Waals surface area (Å²) in [5.74, 6) is 0. The average Bonchev–Trinajstić information content (AvgIpc) is 2.47. The lowest BCUT2D eigenvalue weighted by atomic mass is 10.1. The van der Waals surface area contributed by atoms with Crippen LogP contribution in [-0.2, 0) is 0 Å². The van der Waals surface area contributed by atoms with Crippen molar-refractivity contribution >= 4 is 44.9 Å². The second-order valence-corrected chi connectivity index (χ2v) is 4.86. The zero-order valence-electron chi connectivity index (χ0n) is 10.6. The molecule has 0 unspecified atom stereocenters. The highest BCUT2D eigenvalue weighted by Crippen LogP contribution is 2.32. The van der Waals surface area contributed by atoms with E-state index in [0.717, 1.165) is 12.1 Å². The van der Waals surface area contributed by atoms with Crippen molar-refractivity contribution in [2.75, 3.05) is 0 Å². The lowest BCUT2D eigenvalue weighted by Gasteiger charge is -2.03. The second-order valence-electron chi connectivity index (χ2n) is 4.43. The van der Waals surface area contributed by atoms with Crippen LogP contribution in [0.1, 0.15) is 0 Å². The van der Waals surface area contributed by atoms with Crippen LogP contribution in [0.2, 0.25) is 5.02 Å². The maximum atomic E-state index is 12.4. The molecule has 1 heterocycles. The highest BCUT2D eigenvalue weighted by Gasteiger charge is 2.24. The van der Waals surface area contributed by atoms with Gasteiger partial charge in [0, 0.05) is 11.1 Å². The molecular formula is C13H5ClN2O6. The van der Waals surface area contributed by atoms with Gasteiger partial charge in [0.2, 0.25) is 11.0 Å². The molecule has 0 N–H and O–H groups in total. The Morgan fingerprint density at radius 3 is 2.36 bits per heavy atom. The molecule has 0 aliphatic rings. The van der Waals surface area contributed by atoms with Crippen LogP contribution < -0.4 is 5.43 Å². The van der Waals surface area contributed by atoms with E-state index in [9.17, 15) is 25.0 Å². The van der Waals surface area contributed by atoms with Crippen molar-refractivity contribution in [1.29, 1.82) is 0 Å². The van der Waals surface area contributed by atoms with Crippen LogP contribution in [-0.4, -0.2) is 9.85 Å². The molecule has 0 aliphatic carbocycles. The van der Waals surface area contributed by atoms with Gasteiger partial charge in [0.15, 0.2) is 0 Å². The van der Waals surface area contributed by atoms with Gasteiger partial charge in [-0.1, -0.05) is 11.6 Å². The van der Waals surface area contributed by atoms with Crippen LogP contribution in [0.5, 0.6) is 0 Å². The minimum absolute atomic E-state index is 0.0924. The summed E-state index contributed by atoms with van der Waals surface area (Å²) in [5.41, 5.74) is -2.02. The molecule has 110 valence electrons. The lowest BCUT2D eigenvalue weighted by Crippen LogP contribution is -2.05. The average molecular weight is 321 g/mol. The normalized spacial score (nSPS) is 11.0. The number of non-ortho nitro benzene ring substituents is 2. The Morgan fingerprint density at radius 1 is 1.00 bits per heavy atom. The van der Waals surface area contributed by atoms with Crippen molar-refractivity contribution in [3.8, 4) is 0 Å². The van der Waals surface area contributed by atoms with Crippen molar-refractivity contribution in [3.05, 3.63) is 65.8 Å². The first-order valence-corrected chi connectivity index (χ1v) is 6.25. The Hall–Kier alpha value is -3.00. The van der Waals surface area contributed by atoms with E-state index in [1.54, 1.807) is 0 Å². The van der Waals surface area contributed by atoms with E-state index < -0.39 is 26.7 Å². The van der Waals surface area contributed by atoms with E-state index in [0.29, 0.717) is 0 Å². The fourth-order valence-electron chi connectivity index (χ4n) is 2.14. The van der Waals surface area contributed by atoms with Gasteiger partial charge in [-0.2, -0.15) is 0 Å². The molecular weight excluding hydrogens is 316 g/mol. The van der Waals surface area contributed by atoms with Crippen molar-refractivity contribution in [3.63, 3.8) is 0 Å². The number of hydrogen-bond donors (Lipinski definition) is 0. The molecule has 0 spiro atoms. The number of benzene rings is 2. The molecule has 0 bridgehead atoms. The molecule has 3 aromatic rings. The Morgan fingerprint density at radius 2 is 1.73 bits per heavy atom. The standard InChI is InChI=1S/C13H5ClN2O6/c14-6-1-2-11-8(3-6)12(17)9-4-7(15(18)19)5-10(16(20)21)13(9)22-11/h1-5H. The first-order chi connectivity index (χ1) is 10.4. The Balaban J connectivity index is 2.57. The topological polar surface area (TPSA) is 116 Å². The zero-order chi connectivity index (χ0) is 16.0. The van der Waals surface area contributed by atoms with Gasteiger partial charge in [0.25, 0.3) is 5.69 Å². The number of fused-ring (bicyclic) bond motifs is 2. The maximum Gasteiger partial charge on any atom is 0.319 e. The summed E-state index contributed by atoms with van der Waals surface area (Å²) in [6.45, 7) is 0. The van der Waals surface area contributed by atoms with Gasteiger partial charge >= 0.3 is 5.69 Å². The first kappa shape index (κ1) is 14.0. The summed E-state index contributed by atoms with van der Waals surface area (Å²) < 4.78 is 5.39. The molecule has 1 aromatic heterocycles. The minimum Gasteiger partial charge on any atom is -0.449 e. The van der Waals surface area contributed by atoms with Crippen LogP contribution >= 0.6 is 11.6 Å². The Kier molecular flexibility index (Phi) is 3.03. The molecule has 0 saturated heterocycles. The molecule has 0 atom stereocenters. The van der Waals surface area contributed by atoms with E-state index >= 15 is 0 Å². The highest BCUT2D eigenvalue weighted by atomic mass is 35.5. The third kappa shape index (κ3) is 2.06. The number of rotatable bonds is 2. The molecule has 0 saturated carbocycles. The van der Waals surface area contributed by atoms with Crippen LogP contribution in [0.4, 0.5) is 11.4 Å². The third-order valence-electron chi connectivity index (χ3n) is 3.10. The summed E-state index contributed by atoms with van der Waals surface area (Å²) in [6, 6.07) is 5.92. The van der Waals surface area contributed by atoms with E-state index in [4.69, 9.17) is 16.0 Å². The van der Waals surface area contributed by atoms with Crippen molar-refractivity contribution in [2.45, 2.75) is 0 Å². The predicted octanol–water partition coefficient (Wildman–Crippen LogP) is 3.42. The molecule has 2 aromatic carbocycles. The molecule has 0 fully saturated rings. The summed E-state index contributed by atoms with van der Waals surface area (Å²) in [6.07, 6.45) is 0. The van der Waals surface area contributed by atoms with Crippen molar-refractivity contribution in [1.82, 2.24) is 0 Å². The summed E-state index contributed by atoms with van der Waals surface area (Å²) in [4.78, 5) is 32.7. The fourth-order valence-corrected chi connectivity index (χ4v) is 2.31. The van der Waals surface area contributed by atoms with Gasteiger partial charge in [0.05, 0.1) is 26.7 Å². The maximum absolute atomic E-state index is 12.4. The van der Waals surface area contributed by atoms with Gasteiger partial charge in [-0.25, -0.2) is 0 Å². The number of nitrogens with zero attached hydrogens (tertiary/aromatic N) is 2. The Bertz CT molecular complexity index is 1030. The number of halogens is 1. The van der Waals surface area contributed by atoms with Gasteiger partial charge < -0.3 is 4.42 Å². The molecule has 9 heteroatoms. The molecule has 8 nitrogen and oxygen atoms in total. The van der Waals surface area contributed by atoms with Crippen molar-refractivity contribution < 1.29 is 14.3 Å². The van der Waals surface area contributed by atoms with Crippen LogP contribution in [0.25, 0.3) is 21.9 Å². The summed E-state index contributed by atoms with van der Waals surface area (Å²) in [7, 11) is 0. The monoisotopic (exact) mass is 320 g/mol. The second kappa shape index (κ2) is 4.78. The first-order valence-electron chi connectivity index (χ1n) is 5.87. The fraction of sp³-hybridized carbons (Fsp3) is 0. The Labute approximate surface area is 125 Å². The van der Waals surface area contributed by atoms with Gasteiger partial charge in [-0.15, -0.1) is 0 Å². The zero-order valence-corrected chi connectivity index (χ0v) is 11.4. The van der Waals surface area contributed by atoms with Gasteiger partial charge in [-0.3, -0.25) is 25.0 Å². The van der Waals surface area contributed by atoms with Crippen molar-refractivity contribution in [2.24, 2.45) is 0 Å². The summed E-state index contributed by atoms with van der Waals surface area (Å²) in [5, 5.41) is 22.1. The molecule has 22 heavy (non-hydrogen) atoms. The largest absolute Gasteiger partial charge is 0.449 e. The van der Waals surface area contributed by atoms with Crippen LogP contribution in [0.3, 0.4) is 0 Å². The van der Waals surface area contributed by atoms with E-state index in [1.165, 1.54) is 18.2 Å². The third-order valence-corrected chi connectivity index (χ3v) is 3.34. The minimum atomic E-state index is -0.833. The van der Waals surface area contributed by atoms with E-state index in [1.807, 2.05) is 0 Å². The van der Waals surface area contributed by atoms with E-state index in [2.05, 4.69) is 0 Å². The smallest absolute Gasteiger partial charge is 0.319 e. The molecule has 3 rings (SSSR count). The highest BCUT2D eigenvalue weighted by molar-refractivity contribution is 6.31. The van der Waals surface area contributed by atoms with E-state index in [-0.39, 0.29) is 27.0 Å². The SMILES string of the molecule is O=c1c2cc(Cl)ccc2oc2c([N+](=O)[O-])cc([N+](=O)[O-])cc12. The lowest BCUT2D eigenvalue weighted by molar-refractivity contribution is -0.393. The summed E-state index contributed by atoms with van der Waals surface area (Å²) >= 11 is 5.81. The number of nitro groups is 2. The van der Waals surface area contributed by atoms with Gasteiger partial charge in [-0.05, 0) is 18.2 Å². The quantitative estimate of drug-likeness (QED) is 0.405. The molecule has 0 aliphatic heterocycles. The van der Waals surface area contributed by atoms with Gasteiger partial charge in [0.1, 0.15) is 5.58 Å². The number of nitro benzene ring substituents is 2.